The van der Waals surface area contributed by atoms with Crippen LogP contribution in [0.25, 0.3) is 0 Å². The number of hydrogen-bond acceptors (Lipinski definition) is 6. The number of amides is 2. The van der Waals surface area contributed by atoms with Crippen molar-refractivity contribution in [3.63, 3.8) is 0 Å². The van der Waals surface area contributed by atoms with Gasteiger partial charge in [-0.15, -0.1) is 11.8 Å². The molecule has 1 aromatic heterocycles. The largest absolute Gasteiger partial charge is 0.360 e. The molecule has 2 aromatic rings. The highest BCUT2D eigenvalue weighted by Gasteiger charge is 2.26. The van der Waals surface area contributed by atoms with Gasteiger partial charge in [0.05, 0.1) is 16.8 Å². The van der Waals surface area contributed by atoms with Crippen LogP contribution in [0.3, 0.4) is 0 Å². The second kappa shape index (κ2) is 9.84. The van der Waals surface area contributed by atoms with Crippen molar-refractivity contribution in [1.29, 1.82) is 0 Å². The molecule has 0 radical (unpaired) electrons. The van der Waals surface area contributed by atoms with Crippen LogP contribution in [-0.4, -0.2) is 64.7 Å². The molecule has 2 heterocycles. The van der Waals surface area contributed by atoms with Crippen LogP contribution in [-0.2, 0) is 9.59 Å². The van der Waals surface area contributed by atoms with Crippen molar-refractivity contribution in [1.82, 2.24) is 15.0 Å². The van der Waals surface area contributed by atoms with Gasteiger partial charge in [0.25, 0.3) is 0 Å². The molecule has 1 aromatic carbocycles. The summed E-state index contributed by atoms with van der Waals surface area (Å²) in [5.41, 5.74) is 0. The molecule has 1 aliphatic rings. The Labute approximate surface area is 183 Å². The van der Waals surface area contributed by atoms with Crippen molar-refractivity contribution in [2.75, 3.05) is 38.0 Å². The topological polar surface area (TPSA) is 78.7 Å². The lowest BCUT2D eigenvalue weighted by molar-refractivity contribution is -0.132. The highest BCUT2D eigenvalue weighted by atomic mass is 35.5. The number of aryl methyl sites for hydroxylation is 1. The number of nitrogens with zero attached hydrogens (tertiary/aromatic N) is 3. The van der Waals surface area contributed by atoms with Crippen molar-refractivity contribution in [2.24, 2.45) is 0 Å². The smallest absolute Gasteiger partial charge is 0.239 e. The number of nitrogens with one attached hydrogen (secondary N) is 1. The van der Waals surface area contributed by atoms with E-state index < -0.39 is 0 Å². The number of aromatic nitrogens is 1. The zero-order chi connectivity index (χ0) is 21.0. The predicted molar refractivity (Wildman–Crippen MR) is 115 cm³/mol. The highest BCUT2D eigenvalue weighted by molar-refractivity contribution is 8.00. The van der Waals surface area contributed by atoms with Crippen LogP contribution in [0.4, 0.5) is 5.82 Å². The van der Waals surface area contributed by atoms with Crippen molar-refractivity contribution in [3.05, 3.63) is 40.1 Å². The Morgan fingerprint density at radius 3 is 2.62 bits per heavy atom. The van der Waals surface area contributed by atoms with Gasteiger partial charge in [-0.25, -0.2) is 0 Å². The van der Waals surface area contributed by atoms with Crippen LogP contribution < -0.4 is 5.32 Å². The van der Waals surface area contributed by atoms with E-state index in [1.807, 2.05) is 16.7 Å². The Bertz CT molecular complexity index is 884. The average molecular weight is 457 g/mol. The lowest BCUT2D eigenvalue weighted by atomic mass is 10.3. The van der Waals surface area contributed by atoms with Crippen LogP contribution >= 0.6 is 35.0 Å². The minimum Gasteiger partial charge on any atom is -0.360 e. The molecule has 0 saturated carbocycles. The maximum atomic E-state index is 12.8. The molecule has 1 atom stereocenters. The van der Waals surface area contributed by atoms with Crippen molar-refractivity contribution >= 4 is 52.6 Å². The van der Waals surface area contributed by atoms with Gasteiger partial charge in [0.1, 0.15) is 5.76 Å². The van der Waals surface area contributed by atoms with Gasteiger partial charge in [-0.3, -0.25) is 14.5 Å². The molecule has 29 heavy (non-hydrogen) atoms. The van der Waals surface area contributed by atoms with Crippen LogP contribution in [0.2, 0.25) is 10.0 Å². The number of piperazine rings is 1. The first-order chi connectivity index (χ1) is 13.8. The van der Waals surface area contributed by atoms with E-state index in [1.165, 1.54) is 11.8 Å². The van der Waals surface area contributed by atoms with E-state index in [9.17, 15) is 9.59 Å². The number of benzene rings is 1. The van der Waals surface area contributed by atoms with Crippen LogP contribution in [0.5, 0.6) is 0 Å². The lowest BCUT2D eigenvalue weighted by Gasteiger charge is -2.35. The normalized spacial score (nSPS) is 15.9. The fraction of sp³-hybridized carbons (Fsp3) is 0.421. The Morgan fingerprint density at radius 2 is 1.97 bits per heavy atom. The molecule has 10 heteroatoms. The van der Waals surface area contributed by atoms with Crippen molar-refractivity contribution in [3.8, 4) is 0 Å². The van der Waals surface area contributed by atoms with E-state index >= 15 is 0 Å². The van der Waals surface area contributed by atoms with Gasteiger partial charge in [-0.05, 0) is 32.0 Å². The summed E-state index contributed by atoms with van der Waals surface area (Å²) < 4.78 is 4.93. The SMILES string of the molecule is Cc1cc(NC(=O)CN2CCN(C(=O)C(C)Sc3cc(Cl)ccc3Cl)CC2)no1. The molecule has 1 N–H and O–H groups in total. The number of carbonyl (C=O) groups excluding carboxylic acids is 2. The minimum atomic E-state index is -0.281. The summed E-state index contributed by atoms with van der Waals surface area (Å²) in [5, 5.41) is 7.34. The predicted octanol–water partition coefficient (Wildman–Crippen LogP) is 3.55. The van der Waals surface area contributed by atoms with Crippen molar-refractivity contribution in [2.45, 2.75) is 24.0 Å². The van der Waals surface area contributed by atoms with E-state index in [0.717, 1.165) is 4.90 Å². The molecule has 7 nitrogen and oxygen atoms in total. The molecule has 1 fully saturated rings. The third kappa shape index (κ3) is 6.12. The zero-order valence-corrected chi connectivity index (χ0v) is 18.5. The number of anilines is 1. The monoisotopic (exact) mass is 456 g/mol. The quantitative estimate of drug-likeness (QED) is 0.669. The van der Waals surface area contributed by atoms with Gasteiger partial charge in [0, 0.05) is 42.2 Å². The van der Waals surface area contributed by atoms with Gasteiger partial charge in [0.2, 0.25) is 11.8 Å². The first-order valence-corrected chi connectivity index (χ1v) is 10.8. The number of thioether (sulfide) groups is 1. The molecule has 1 saturated heterocycles. The third-order valence-corrected chi connectivity index (χ3v) is 6.32. The Hall–Kier alpha value is -1.74. The molecular formula is C19H22Cl2N4O3S. The number of halogens is 2. The Kier molecular flexibility index (Phi) is 7.45. The fourth-order valence-corrected chi connectivity index (χ4v) is 4.50. The molecule has 156 valence electrons. The van der Waals surface area contributed by atoms with E-state index in [0.29, 0.717) is 47.8 Å². The number of carbonyl (C=O) groups is 2. The summed E-state index contributed by atoms with van der Waals surface area (Å²) >= 11 is 13.6. The zero-order valence-electron chi connectivity index (χ0n) is 16.2. The maximum absolute atomic E-state index is 12.8. The first kappa shape index (κ1) is 22.0. The van der Waals surface area contributed by atoms with Crippen molar-refractivity contribution < 1.29 is 14.1 Å². The molecule has 3 rings (SSSR count). The summed E-state index contributed by atoms with van der Waals surface area (Å²) in [6.45, 7) is 6.28. The van der Waals surface area contributed by atoms with E-state index in [2.05, 4.69) is 10.5 Å². The summed E-state index contributed by atoms with van der Waals surface area (Å²) in [7, 11) is 0. The molecule has 2 amide bonds. The average Bonchev–Trinajstić information content (AvgIpc) is 3.09. The van der Waals surface area contributed by atoms with Gasteiger partial charge < -0.3 is 14.7 Å². The van der Waals surface area contributed by atoms with Gasteiger partial charge in [0.15, 0.2) is 5.82 Å². The molecule has 0 bridgehead atoms. The molecule has 0 aliphatic carbocycles. The Morgan fingerprint density at radius 1 is 1.24 bits per heavy atom. The van der Waals surface area contributed by atoms with Crippen LogP contribution in [0.1, 0.15) is 12.7 Å². The summed E-state index contributed by atoms with van der Waals surface area (Å²) in [6.07, 6.45) is 0. The molecule has 1 aliphatic heterocycles. The third-order valence-electron chi connectivity index (χ3n) is 4.49. The lowest BCUT2D eigenvalue weighted by Crippen LogP contribution is -2.52. The second-order valence-electron chi connectivity index (χ2n) is 6.81. The van der Waals surface area contributed by atoms with Gasteiger partial charge in [-0.1, -0.05) is 28.4 Å². The number of rotatable bonds is 6. The minimum absolute atomic E-state index is 0.0493. The van der Waals surface area contributed by atoms with E-state index in [1.54, 1.807) is 31.2 Å². The van der Waals surface area contributed by atoms with Crippen LogP contribution in [0.15, 0.2) is 33.7 Å². The van der Waals surface area contributed by atoms with Gasteiger partial charge in [-0.2, -0.15) is 0 Å². The standard InChI is InChI=1S/C19H22Cl2N4O3S/c1-12-9-17(23-28-12)22-18(26)11-24-5-7-25(8-6-24)19(27)13(2)29-16-10-14(20)3-4-15(16)21/h3-4,9-10,13H,5-8,11H2,1-2H3,(H,22,23,26). The van der Waals surface area contributed by atoms with E-state index in [-0.39, 0.29) is 23.6 Å². The van der Waals surface area contributed by atoms with E-state index in [4.69, 9.17) is 27.7 Å². The molecule has 1 unspecified atom stereocenters. The summed E-state index contributed by atoms with van der Waals surface area (Å²) in [4.78, 5) is 29.5. The summed E-state index contributed by atoms with van der Waals surface area (Å²) in [5.74, 6) is 0.941. The Balaban J connectivity index is 1.46. The maximum Gasteiger partial charge on any atom is 0.239 e. The molecule has 0 spiro atoms. The number of hydrogen-bond donors (Lipinski definition) is 1. The highest BCUT2D eigenvalue weighted by Crippen LogP contribution is 2.33. The first-order valence-electron chi connectivity index (χ1n) is 9.18. The fourth-order valence-electron chi connectivity index (χ4n) is 3.00. The second-order valence-corrected chi connectivity index (χ2v) is 9.03. The van der Waals surface area contributed by atoms with Crippen LogP contribution in [0, 0.1) is 6.92 Å². The van der Waals surface area contributed by atoms with Gasteiger partial charge >= 0.3 is 0 Å². The molecular weight excluding hydrogens is 435 g/mol. The summed E-state index contributed by atoms with van der Waals surface area (Å²) in [6, 6.07) is 6.89.